The largest absolute Gasteiger partial charge is 0.353 e. The highest BCUT2D eigenvalue weighted by Gasteiger charge is 2.09. The van der Waals surface area contributed by atoms with E-state index in [1.165, 1.54) is 11.3 Å². The number of rotatable bonds is 0. The van der Waals surface area contributed by atoms with Crippen LogP contribution in [0.1, 0.15) is 11.3 Å². The van der Waals surface area contributed by atoms with E-state index in [0.717, 1.165) is 24.1 Å². The summed E-state index contributed by atoms with van der Waals surface area (Å²) in [5.41, 5.74) is 2.78. The average Bonchev–Trinajstić information content (AvgIpc) is 2.27. The fourth-order valence-electron chi connectivity index (χ4n) is 1.32. The number of nitrogens with one attached hydrogen (secondary N) is 2. The Morgan fingerprint density at radius 1 is 1.50 bits per heavy atom. The number of halogens is 1. The minimum Gasteiger partial charge on any atom is -0.353 e. The van der Waals surface area contributed by atoms with Crippen LogP contribution in [0, 0.1) is 0 Å². The molecular formula is C7H9BrN2. The van der Waals surface area contributed by atoms with Crippen LogP contribution < -0.4 is 5.32 Å². The normalized spacial score (nSPS) is 16.9. The maximum Gasteiger partial charge on any atom is 0.0825 e. The van der Waals surface area contributed by atoms with Crippen molar-refractivity contribution in [1.82, 2.24) is 10.3 Å². The fourth-order valence-corrected chi connectivity index (χ4v) is 1.83. The highest BCUT2D eigenvalue weighted by atomic mass is 79.9. The molecule has 1 aliphatic heterocycles. The van der Waals surface area contributed by atoms with Gasteiger partial charge < -0.3 is 10.3 Å². The predicted octanol–water partition coefficient (Wildman–Crippen LogP) is 1.42. The van der Waals surface area contributed by atoms with Crippen molar-refractivity contribution in [2.75, 3.05) is 6.54 Å². The highest BCUT2D eigenvalue weighted by molar-refractivity contribution is 9.10. The minimum atomic E-state index is 1.01. The Kier molecular flexibility index (Phi) is 1.54. The van der Waals surface area contributed by atoms with Gasteiger partial charge in [-0.2, -0.15) is 0 Å². The molecule has 1 aromatic heterocycles. The maximum absolute atomic E-state index is 3.41. The van der Waals surface area contributed by atoms with Crippen molar-refractivity contribution < 1.29 is 0 Å². The second-order valence-corrected chi connectivity index (χ2v) is 3.40. The summed E-state index contributed by atoms with van der Waals surface area (Å²) < 4.78 is 1.10. The molecule has 3 heteroatoms. The molecule has 1 aromatic rings. The zero-order chi connectivity index (χ0) is 6.97. The standard InChI is InChI=1S/C7H9BrN2/c8-7-3-5-4-9-2-1-6(5)10-7/h3,9-10H,1-2,4H2. The van der Waals surface area contributed by atoms with Gasteiger partial charge in [0.1, 0.15) is 0 Å². The van der Waals surface area contributed by atoms with Crippen LogP contribution >= 0.6 is 15.9 Å². The van der Waals surface area contributed by atoms with E-state index in [1.807, 2.05) is 0 Å². The molecule has 0 bridgehead atoms. The summed E-state index contributed by atoms with van der Waals surface area (Å²) in [4.78, 5) is 3.27. The van der Waals surface area contributed by atoms with Crippen LogP contribution in [0.5, 0.6) is 0 Å². The third-order valence-electron chi connectivity index (χ3n) is 1.83. The molecule has 0 aliphatic carbocycles. The first-order chi connectivity index (χ1) is 4.86. The van der Waals surface area contributed by atoms with Crippen LogP contribution in [-0.4, -0.2) is 11.5 Å². The predicted molar refractivity (Wildman–Crippen MR) is 43.9 cm³/mol. The SMILES string of the molecule is Brc1cc2c([nH]1)CCNC2. The van der Waals surface area contributed by atoms with Gasteiger partial charge in [0.2, 0.25) is 0 Å². The Balaban J connectivity index is 2.41. The molecule has 1 aliphatic rings. The van der Waals surface area contributed by atoms with E-state index in [1.54, 1.807) is 0 Å². The molecule has 0 unspecified atom stereocenters. The number of hydrogen-bond acceptors (Lipinski definition) is 1. The molecular weight excluding hydrogens is 192 g/mol. The number of hydrogen-bond donors (Lipinski definition) is 2. The zero-order valence-corrected chi connectivity index (χ0v) is 7.16. The van der Waals surface area contributed by atoms with Crippen LogP contribution in [0.25, 0.3) is 0 Å². The Morgan fingerprint density at radius 2 is 2.40 bits per heavy atom. The van der Waals surface area contributed by atoms with Gasteiger partial charge in [0, 0.05) is 25.2 Å². The van der Waals surface area contributed by atoms with Crippen molar-refractivity contribution in [2.45, 2.75) is 13.0 Å². The lowest BCUT2D eigenvalue weighted by Crippen LogP contribution is -2.22. The fraction of sp³-hybridized carbons (Fsp3) is 0.429. The van der Waals surface area contributed by atoms with E-state index < -0.39 is 0 Å². The average molecular weight is 201 g/mol. The van der Waals surface area contributed by atoms with Gasteiger partial charge in [-0.25, -0.2) is 0 Å². The van der Waals surface area contributed by atoms with Crippen molar-refractivity contribution >= 4 is 15.9 Å². The van der Waals surface area contributed by atoms with Gasteiger partial charge >= 0.3 is 0 Å². The van der Waals surface area contributed by atoms with Gasteiger partial charge in [-0.1, -0.05) is 0 Å². The molecule has 2 heterocycles. The number of aromatic amines is 1. The number of H-pyrrole nitrogens is 1. The first kappa shape index (κ1) is 6.43. The first-order valence-electron chi connectivity index (χ1n) is 3.43. The maximum atomic E-state index is 3.41. The van der Waals surface area contributed by atoms with Crippen LogP contribution in [-0.2, 0) is 13.0 Å². The summed E-state index contributed by atoms with van der Waals surface area (Å²) in [7, 11) is 0. The van der Waals surface area contributed by atoms with Gasteiger partial charge in [-0.15, -0.1) is 0 Å². The smallest absolute Gasteiger partial charge is 0.0825 e. The minimum absolute atomic E-state index is 1.01. The molecule has 0 fully saturated rings. The summed E-state index contributed by atoms with van der Waals surface area (Å²) in [6.07, 6.45) is 1.13. The summed E-state index contributed by atoms with van der Waals surface area (Å²) >= 11 is 3.41. The molecule has 10 heavy (non-hydrogen) atoms. The lowest BCUT2D eigenvalue weighted by molar-refractivity contribution is 0.638. The molecule has 2 N–H and O–H groups in total. The molecule has 0 saturated carbocycles. The Labute approximate surface area is 68.1 Å². The number of aromatic nitrogens is 1. The zero-order valence-electron chi connectivity index (χ0n) is 5.58. The van der Waals surface area contributed by atoms with Gasteiger partial charge in [0.05, 0.1) is 4.60 Å². The van der Waals surface area contributed by atoms with E-state index in [-0.39, 0.29) is 0 Å². The lowest BCUT2D eigenvalue weighted by atomic mass is 10.1. The van der Waals surface area contributed by atoms with Crippen molar-refractivity contribution in [3.8, 4) is 0 Å². The Hall–Kier alpha value is -0.280. The van der Waals surface area contributed by atoms with Crippen molar-refractivity contribution in [3.05, 3.63) is 21.9 Å². The van der Waals surface area contributed by atoms with Crippen molar-refractivity contribution in [2.24, 2.45) is 0 Å². The quantitative estimate of drug-likeness (QED) is 0.652. The topological polar surface area (TPSA) is 27.8 Å². The van der Waals surface area contributed by atoms with E-state index in [9.17, 15) is 0 Å². The van der Waals surface area contributed by atoms with Gasteiger partial charge in [0.25, 0.3) is 0 Å². The van der Waals surface area contributed by atoms with Crippen molar-refractivity contribution in [1.29, 1.82) is 0 Å². The highest BCUT2D eigenvalue weighted by Crippen LogP contribution is 2.18. The second-order valence-electron chi connectivity index (χ2n) is 2.55. The Morgan fingerprint density at radius 3 is 3.20 bits per heavy atom. The van der Waals surface area contributed by atoms with Gasteiger partial charge in [-0.3, -0.25) is 0 Å². The summed E-state index contributed by atoms with van der Waals surface area (Å²) in [6.45, 7) is 2.11. The van der Waals surface area contributed by atoms with Crippen LogP contribution in [0.3, 0.4) is 0 Å². The number of fused-ring (bicyclic) bond motifs is 1. The van der Waals surface area contributed by atoms with Crippen molar-refractivity contribution in [3.63, 3.8) is 0 Å². The summed E-state index contributed by atoms with van der Waals surface area (Å²) in [5, 5.41) is 3.31. The van der Waals surface area contributed by atoms with Crippen LogP contribution in [0.4, 0.5) is 0 Å². The molecule has 0 amide bonds. The van der Waals surface area contributed by atoms with Gasteiger partial charge in [-0.05, 0) is 27.6 Å². The van der Waals surface area contributed by atoms with E-state index in [0.29, 0.717) is 0 Å². The summed E-state index contributed by atoms with van der Waals surface area (Å²) in [6, 6.07) is 2.14. The Bertz CT molecular complexity index is 218. The lowest BCUT2D eigenvalue weighted by Gasteiger charge is -2.11. The molecule has 54 valence electrons. The third kappa shape index (κ3) is 0.995. The molecule has 0 spiro atoms. The van der Waals surface area contributed by atoms with E-state index in [4.69, 9.17) is 0 Å². The summed E-state index contributed by atoms with van der Waals surface area (Å²) in [5.74, 6) is 0. The molecule has 2 rings (SSSR count). The van der Waals surface area contributed by atoms with Gasteiger partial charge in [0.15, 0.2) is 0 Å². The van der Waals surface area contributed by atoms with Crippen LogP contribution in [0.15, 0.2) is 10.7 Å². The van der Waals surface area contributed by atoms with Crippen LogP contribution in [0.2, 0.25) is 0 Å². The molecule has 0 atom stereocenters. The monoisotopic (exact) mass is 200 g/mol. The first-order valence-corrected chi connectivity index (χ1v) is 4.22. The van der Waals surface area contributed by atoms with E-state index in [2.05, 4.69) is 32.3 Å². The molecule has 2 nitrogen and oxygen atoms in total. The molecule has 0 aromatic carbocycles. The third-order valence-corrected chi connectivity index (χ3v) is 2.25. The molecule has 0 saturated heterocycles. The second kappa shape index (κ2) is 2.40. The molecule has 0 radical (unpaired) electrons. The van der Waals surface area contributed by atoms with E-state index >= 15 is 0 Å².